The lowest BCUT2D eigenvalue weighted by atomic mass is 10.1. The highest BCUT2D eigenvalue weighted by Crippen LogP contribution is 2.10. The van der Waals surface area contributed by atoms with Crippen molar-refractivity contribution in [3.63, 3.8) is 0 Å². The molecule has 0 aromatic heterocycles. The fourth-order valence-corrected chi connectivity index (χ4v) is 2.56. The quantitative estimate of drug-likeness (QED) is 0.416. The van der Waals surface area contributed by atoms with Crippen molar-refractivity contribution < 1.29 is 15.0 Å². The fourth-order valence-electron chi connectivity index (χ4n) is 2.31. The second kappa shape index (κ2) is 16.4. The first-order valence-corrected chi connectivity index (χ1v) is 10.3. The molecule has 2 aromatic rings. The predicted molar refractivity (Wildman–Crippen MR) is 127 cm³/mol. The SMILES string of the molecule is CC(O)CNC(=O)Cc1ccc(Cl)cc1.CC(O)CNCCc1ccc(Cl)cc1.Cl. The first-order chi connectivity index (χ1) is 13.8. The van der Waals surface area contributed by atoms with E-state index in [-0.39, 0.29) is 31.0 Å². The van der Waals surface area contributed by atoms with Gasteiger partial charge in [0.25, 0.3) is 0 Å². The number of carbonyl (C=O) groups is 1. The second-order valence-electron chi connectivity index (χ2n) is 6.89. The molecule has 0 aliphatic heterocycles. The van der Waals surface area contributed by atoms with Crippen LogP contribution in [-0.4, -0.2) is 48.0 Å². The third-order valence-corrected chi connectivity index (χ3v) is 4.32. The largest absolute Gasteiger partial charge is 0.392 e. The Morgan fingerprint density at radius 2 is 1.33 bits per heavy atom. The lowest BCUT2D eigenvalue weighted by molar-refractivity contribution is -0.120. The van der Waals surface area contributed by atoms with Crippen molar-refractivity contribution in [3.05, 3.63) is 69.7 Å². The molecule has 0 heterocycles. The number of hydrogen-bond acceptors (Lipinski definition) is 4. The van der Waals surface area contributed by atoms with Gasteiger partial charge >= 0.3 is 0 Å². The average Bonchev–Trinajstić information content (AvgIpc) is 2.67. The minimum Gasteiger partial charge on any atom is -0.392 e. The molecule has 2 atom stereocenters. The molecule has 0 radical (unpaired) electrons. The molecule has 4 N–H and O–H groups in total. The maximum absolute atomic E-state index is 11.3. The lowest BCUT2D eigenvalue weighted by Gasteiger charge is -2.06. The molecule has 2 rings (SSSR count). The first kappa shape index (κ1) is 28.7. The molecule has 0 bridgehead atoms. The van der Waals surface area contributed by atoms with Gasteiger partial charge in [-0.1, -0.05) is 47.5 Å². The summed E-state index contributed by atoms with van der Waals surface area (Å²) in [6.45, 7) is 5.21. The third-order valence-electron chi connectivity index (χ3n) is 3.82. The molecule has 0 saturated heterocycles. The normalized spacial score (nSPS) is 12.1. The topological polar surface area (TPSA) is 81.6 Å². The van der Waals surface area contributed by atoms with Crippen LogP contribution in [0.25, 0.3) is 0 Å². The van der Waals surface area contributed by atoms with Gasteiger partial charge in [0.2, 0.25) is 5.91 Å². The number of aliphatic hydroxyl groups excluding tert-OH is 2. The van der Waals surface area contributed by atoms with Crippen molar-refractivity contribution >= 4 is 41.5 Å². The van der Waals surface area contributed by atoms with Gasteiger partial charge < -0.3 is 20.8 Å². The predicted octanol–water partition coefficient (Wildman–Crippen LogP) is 3.65. The molecular formula is C22H31Cl3N2O3. The van der Waals surface area contributed by atoms with E-state index in [4.69, 9.17) is 33.4 Å². The Kier molecular flexibility index (Phi) is 15.6. The standard InChI is InChI=1S/C11H14ClNO2.C11H16ClNO.ClH/c1-8(14)7-13-11(15)6-9-2-4-10(12)5-3-9;1-9(14)8-13-7-6-10-2-4-11(12)5-3-10;/h2-5,8,14H,6-7H2,1H3,(H,13,15);2-5,9,13-14H,6-8H2,1H3;1H. The zero-order chi connectivity index (χ0) is 21.6. The molecule has 1 amide bonds. The zero-order valence-electron chi connectivity index (χ0n) is 17.3. The third kappa shape index (κ3) is 14.6. The molecule has 30 heavy (non-hydrogen) atoms. The zero-order valence-corrected chi connectivity index (χ0v) is 19.6. The monoisotopic (exact) mass is 476 g/mol. The van der Waals surface area contributed by atoms with E-state index in [1.54, 1.807) is 26.0 Å². The van der Waals surface area contributed by atoms with Crippen molar-refractivity contribution in [3.8, 4) is 0 Å². The van der Waals surface area contributed by atoms with Crippen LogP contribution in [0.15, 0.2) is 48.5 Å². The first-order valence-electron chi connectivity index (χ1n) is 9.58. The summed E-state index contributed by atoms with van der Waals surface area (Å²) in [4.78, 5) is 11.3. The minimum absolute atomic E-state index is 0. The van der Waals surface area contributed by atoms with E-state index in [0.29, 0.717) is 18.0 Å². The van der Waals surface area contributed by atoms with Crippen molar-refractivity contribution in [2.45, 2.75) is 38.9 Å². The van der Waals surface area contributed by atoms with Gasteiger partial charge in [-0.05, 0) is 62.2 Å². The van der Waals surface area contributed by atoms with Gasteiger partial charge in [0.05, 0.1) is 18.6 Å². The van der Waals surface area contributed by atoms with Gasteiger partial charge in [0.15, 0.2) is 0 Å². The lowest BCUT2D eigenvalue weighted by Crippen LogP contribution is -2.31. The Morgan fingerprint density at radius 1 is 0.867 bits per heavy atom. The summed E-state index contributed by atoms with van der Waals surface area (Å²) in [6.07, 6.45) is 0.479. The van der Waals surface area contributed by atoms with Crippen LogP contribution in [0, 0.1) is 0 Å². The number of carbonyl (C=O) groups excluding carboxylic acids is 1. The van der Waals surface area contributed by atoms with Crippen molar-refractivity contribution in [2.75, 3.05) is 19.6 Å². The number of benzene rings is 2. The number of amides is 1. The Hall–Kier alpha value is -1.34. The van der Waals surface area contributed by atoms with E-state index in [1.807, 2.05) is 36.4 Å². The summed E-state index contributed by atoms with van der Waals surface area (Å²) >= 11 is 11.5. The Morgan fingerprint density at radius 3 is 1.80 bits per heavy atom. The maximum atomic E-state index is 11.3. The molecular weight excluding hydrogens is 447 g/mol. The average molecular weight is 478 g/mol. The smallest absolute Gasteiger partial charge is 0.224 e. The summed E-state index contributed by atoms with van der Waals surface area (Å²) in [7, 11) is 0. The van der Waals surface area contributed by atoms with Crippen molar-refractivity contribution in [1.29, 1.82) is 0 Å². The van der Waals surface area contributed by atoms with Crippen LogP contribution in [0.3, 0.4) is 0 Å². The van der Waals surface area contributed by atoms with Crippen LogP contribution >= 0.6 is 35.6 Å². The van der Waals surface area contributed by atoms with Crippen LogP contribution in [0.5, 0.6) is 0 Å². The molecule has 2 aromatic carbocycles. The van der Waals surface area contributed by atoms with Crippen LogP contribution in [-0.2, 0) is 17.6 Å². The Bertz CT molecular complexity index is 709. The van der Waals surface area contributed by atoms with E-state index in [2.05, 4.69) is 10.6 Å². The molecule has 5 nitrogen and oxygen atoms in total. The fraction of sp³-hybridized carbons (Fsp3) is 0.409. The highest BCUT2D eigenvalue weighted by molar-refractivity contribution is 6.30. The Balaban J connectivity index is 0.000000544. The van der Waals surface area contributed by atoms with E-state index >= 15 is 0 Å². The summed E-state index contributed by atoms with van der Waals surface area (Å²) in [5.41, 5.74) is 2.16. The number of hydrogen-bond donors (Lipinski definition) is 4. The molecule has 0 aliphatic carbocycles. The number of halogens is 3. The number of aliphatic hydroxyl groups is 2. The molecule has 0 spiro atoms. The molecule has 0 aliphatic rings. The van der Waals surface area contributed by atoms with E-state index in [1.165, 1.54) is 5.56 Å². The van der Waals surface area contributed by atoms with Gasteiger partial charge in [-0.2, -0.15) is 0 Å². The highest BCUT2D eigenvalue weighted by Gasteiger charge is 2.04. The van der Waals surface area contributed by atoms with Gasteiger partial charge in [-0.25, -0.2) is 0 Å². The molecule has 2 unspecified atom stereocenters. The minimum atomic E-state index is -0.515. The summed E-state index contributed by atoms with van der Waals surface area (Å²) in [5, 5.41) is 25.2. The van der Waals surface area contributed by atoms with Crippen molar-refractivity contribution in [1.82, 2.24) is 10.6 Å². The Labute approximate surface area is 195 Å². The van der Waals surface area contributed by atoms with E-state index < -0.39 is 6.10 Å². The maximum Gasteiger partial charge on any atom is 0.224 e. The van der Waals surface area contributed by atoms with Gasteiger partial charge in [-0.15, -0.1) is 12.4 Å². The van der Waals surface area contributed by atoms with E-state index in [9.17, 15) is 4.79 Å². The van der Waals surface area contributed by atoms with Gasteiger partial charge in [-0.3, -0.25) is 4.79 Å². The van der Waals surface area contributed by atoms with Crippen LogP contribution in [0.2, 0.25) is 10.0 Å². The summed E-state index contributed by atoms with van der Waals surface area (Å²) in [5.74, 6) is -0.0989. The summed E-state index contributed by atoms with van der Waals surface area (Å²) in [6, 6.07) is 14.9. The second-order valence-corrected chi connectivity index (χ2v) is 7.76. The van der Waals surface area contributed by atoms with E-state index in [0.717, 1.165) is 23.6 Å². The van der Waals surface area contributed by atoms with Gasteiger partial charge in [0, 0.05) is 23.1 Å². The highest BCUT2D eigenvalue weighted by atomic mass is 35.5. The van der Waals surface area contributed by atoms with Crippen LogP contribution in [0.1, 0.15) is 25.0 Å². The molecule has 0 saturated carbocycles. The molecule has 168 valence electrons. The van der Waals surface area contributed by atoms with Crippen molar-refractivity contribution in [2.24, 2.45) is 0 Å². The molecule has 0 fully saturated rings. The summed E-state index contributed by atoms with van der Waals surface area (Å²) < 4.78 is 0. The van der Waals surface area contributed by atoms with Gasteiger partial charge in [0.1, 0.15) is 0 Å². The van der Waals surface area contributed by atoms with Crippen LogP contribution < -0.4 is 10.6 Å². The van der Waals surface area contributed by atoms with Crippen LogP contribution in [0.4, 0.5) is 0 Å². The molecule has 8 heteroatoms. The number of rotatable bonds is 9. The number of nitrogens with one attached hydrogen (secondary N) is 2.